The summed E-state index contributed by atoms with van der Waals surface area (Å²) in [5.74, 6) is 2.93. The molecule has 1 aromatic heterocycles. The molecule has 4 heteroatoms. The minimum Gasteiger partial charge on any atom is -0.449 e. The molecule has 8 aromatic rings. The zero-order valence-corrected chi connectivity index (χ0v) is 29.5. The zero-order valence-electron chi connectivity index (χ0n) is 28.7. The van der Waals surface area contributed by atoms with E-state index in [-0.39, 0.29) is 5.41 Å². The average Bonchev–Trinajstić information content (AvgIpc) is 3.84. The second-order valence-electron chi connectivity index (χ2n) is 14.3. The molecule has 3 nitrogen and oxygen atoms in total. The van der Waals surface area contributed by atoms with Crippen LogP contribution in [0.3, 0.4) is 0 Å². The van der Waals surface area contributed by atoms with Crippen LogP contribution in [0.1, 0.15) is 35.1 Å². The van der Waals surface area contributed by atoms with Gasteiger partial charge in [0.15, 0.2) is 23.0 Å². The van der Waals surface area contributed by atoms with Crippen molar-refractivity contribution in [1.82, 2.24) is 0 Å². The lowest BCUT2D eigenvalue weighted by Crippen LogP contribution is -2.27. The van der Waals surface area contributed by atoms with E-state index in [0.29, 0.717) is 11.5 Å². The van der Waals surface area contributed by atoms with Gasteiger partial charge in [-0.25, -0.2) is 0 Å². The lowest BCUT2D eigenvalue weighted by Gasteiger charge is -2.33. The molecule has 0 N–H and O–H groups in total. The van der Waals surface area contributed by atoms with Crippen molar-refractivity contribution in [3.05, 3.63) is 192 Å². The Morgan fingerprint density at radius 3 is 2.08 bits per heavy atom. The molecule has 4 aliphatic rings. The summed E-state index contributed by atoms with van der Waals surface area (Å²) in [5, 5.41) is 2.55. The Morgan fingerprint density at radius 2 is 1.23 bits per heavy atom. The van der Waals surface area contributed by atoms with Crippen LogP contribution in [0.5, 0.6) is 23.0 Å². The van der Waals surface area contributed by atoms with Crippen molar-refractivity contribution in [1.29, 1.82) is 0 Å². The molecule has 7 aromatic carbocycles. The summed E-state index contributed by atoms with van der Waals surface area (Å²) in [6, 6.07) is 54.6. The minimum absolute atomic E-state index is 0.388. The van der Waals surface area contributed by atoms with E-state index in [1.165, 1.54) is 64.7 Å². The molecule has 1 aliphatic heterocycles. The van der Waals surface area contributed by atoms with E-state index in [1.807, 2.05) is 11.3 Å². The van der Waals surface area contributed by atoms with Crippen molar-refractivity contribution in [2.45, 2.75) is 18.3 Å². The summed E-state index contributed by atoms with van der Waals surface area (Å²) in [7, 11) is 0. The van der Waals surface area contributed by atoms with Crippen molar-refractivity contribution in [3.8, 4) is 34.1 Å². The maximum atomic E-state index is 6.88. The number of fused-ring (bicyclic) bond motifs is 14. The number of para-hydroxylation sites is 1. The van der Waals surface area contributed by atoms with Crippen LogP contribution in [0.2, 0.25) is 0 Å². The fourth-order valence-electron chi connectivity index (χ4n) is 9.48. The molecule has 0 saturated heterocycles. The van der Waals surface area contributed by atoms with E-state index in [0.717, 1.165) is 41.4 Å². The van der Waals surface area contributed by atoms with Gasteiger partial charge in [0.25, 0.3) is 0 Å². The number of nitrogens with zero attached hydrogens (tertiary/aromatic N) is 1. The normalized spacial score (nSPS) is 15.3. The highest BCUT2D eigenvalue weighted by atomic mass is 32.1. The summed E-state index contributed by atoms with van der Waals surface area (Å²) < 4.78 is 16.2. The lowest BCUT2D eigenvalue weighted by atomic mass is 9.69. The third-order valence-corrected chi connectivity index (χ3v) is 12.8. The molecule has 0 amide bonds. The first-order valence-electron chi connectivity index (χ1n) is 18.3. The fraction of sp³-hybridized carbons (Fsp3) is 0.0612. The van der Waals surface area contributed by atoms with E-state index in [1.54, 1.807) is 0 Å². The zero-order chi connectivity index (χ0) is 34.7. The van der Waals surface area contributed by atoms with E-state index in [9.17, 15) is 0 Å². The number of hydrogen-bond acceptors (Lipinski definition) is 4. The van der Waals surface area contributed by atoms with Crippen molar-refractivity contribution >= 4 is 54.1 Å². The molecule has 1 spiro atoms. The van der Waals surface area contributed by atoms with Gasteiger partial charge in [-0.3, -0.25) is 0 Å². The first-order valence-corrected chi connectivity index (χ1v) is 19.1. The summed E-state index contributed by atoms with van der Waals surface area (Å²) in [4.78, 5) is 2.34. The van der Waals surface area contributed by atoms with Gasteiger partial charge in [-0.2, -0.15) is 0 Å². The maximum absolute atomic E-state index is 6.88. The smallest absolute Gasteiger partial charge is 0.172 e. The maximum Gasteiger partial charge on any atom is 0.172 e. The van der Waals surface area contributed by atoms with Crippen LogP contribution in [-0.4, -0.2) is 0 Å². The van der Waals surface area contributed by atoms with Crippen LogP contribution in [0.15, 0.2) is 169 Å². The van der Waals surface area contributed by atoms with E-state index in [4.69, 9.17) is 9.47 Å². The van der Waals surface area contributed by atoms with Gasteiger partial charge in [0.05, 0.1) is 21.5 Å². The quantitative estimate of drug-likeness (QED) is 0.183. The largest absolute Gasteiger partial charge is 0.449 e. The second-order valence-corrected chi connectivity index (χ2v) is 15.3. The van der Waals surface area contributed by atoms with Crippen molar-refractivity contribution in [2.24, 2.45) is 0 Å². The van der Waals surface area contributed by atoms with Gasteiger partial charge in [-0.1, -0.05) is 109 Å². The molecule has 0 atom stereocenters. The van der Waals surface area contributed by atoms with Gasteiger partial charge < -0.3 is 14.4 Å². The standard InChI is InChI=1S/C49H31NO2S/c1-2-13-30(14-3-1)50(42-23-12-19-36-35-18-7-11-24-47(35)53-48(36)42)31-25-26-43-44(27-31)52-45-28-37-34-17-6-10-22-40(34)49(41(37)29-46(45)51-43)38-20-8-4-15-32(38)33-16-5-9-21-39(33)49/h1-5,7-16,18-29H,6,17H2. The van der Waals surface area contributed by atoms with E-state index < -0.39 is 0 Å². The third-order valence-electron chi connectivity index (χ3n) is 11.6. The second kappa shape index (κ2) is 10.8. The number of ether oxygens (including phenoxy) is 2. The third kappa shape index (κ3) is 3.93. The SMILES string of the molecule is C1=CC2=C(CC1)c1cc3c(cc1C21c2ccccc2-c2ccccc21)Oc1ccc(N(c2ccccc2)c2cccc4c2sc2ccccc24)cc1O3. The Morgan fingerprint density at radius 1 is 0.528 bits per heavy atom. The minimum atomic E-state index is -0.388. The number of hydrogen-bond donors (Lipinski definition) is 0. The highest BCUT2D eigenvalue weighted by Crippen LogP contribution is 2.65. The van der Waals surface area contributed by atoms with Crippen LogP contribution in [0.25, 0.3) is 36.9 Å². The highest BCUT2D eigenvalue weighted by Gasteiger charge is 2.53. The molecular weight excluding hydrogens is 667 g/mol. The number of anilines is 3. The van der Waals surface area contributed by atoms with Gasteiger partial charge in [0.1, 0.15) is 0 Å². The number of thiophene rings is 1. The Kier molecular flexibility index (Phi) is 5.98. The highest BCUT2D eigenvalue weighted by molar-refractivity contribution is 7.26. The van der Waals surface area contributed by atoms with Gasteiger partial charge in [0.2, 0.25) is 0 Å². The Balaban J connectivity index is 1.01. The van der Waals surface area contributed by atoms with Crippen molar-refractivity contribution in [2.75, 3.05) is 4.90 Å². The molecular formula is C49H31NO2S. The van der Waals surface area contributed by atoms with Gasteiger partial charge in [-0.05, 0) is 106 Å². The molecule has 0 radical (unpaired) electrons. The Hall–Kier alpha value is -6.36. The Labute approximate surface area is 311 Å². The molecule has 250 valence electrons. The number of allylic oxidation sites excluding steroid dienone is 4. The van der Waals surface area contributed by atoms with Crippen LogP contribution in [-0.2, 0) is 5.41 Å². The molecule has 53 heavy (non-hydrogen) atoms. The molecule has 3 aliphatic carbocycles. The van der Waals surface area contributed by atoms with Gasteiger partial charge in [0, 0.05) is 27.2 Å². The Bertz CT molecular complexity index is 2870. The summed E-state index contributed by atoms with van der Waals surface area (Å²) in [5.41, 5.74) is 13.5. The predicted octanol–water partition coefficient (Wildman–Crippen LogP) is 13.9. The first-order chi connectivity index (χ1) is 26.3. The average molecular weight is 698 g/mol. The topological polar surface area (TPSA) is 21.7 Å². The van der Waals surface area contributed by atoms with Gasteiger partial charge in [-0.15, -0.1) is 11.3 Å². The number of rotatable bonds is 3. The van der Waals surface area contributed by atoms with Gasteiger partial charge >= 0.3 is 0 Å². The summed E-state index contributed by atoms with van der Waals surface area (Å²) in [6.07, 6.45) is 6.76. The molecule has 2 heterocycles. The summed E-state index contributed by atoms with van der Waals surface area (Å²) in [6.45, 7) is 0. The summed E-state index contributed by atoms with van der Waals surface area (Å²) >= 11 is 1.84. The molecule has 0 fully saturated rings. The van der Waals surface area contributed by atoms with Crippen molar-refractivity contribution < 1.29 is 9.47 Å². The van der Waals surface area contributed by atoms with Crippen LogP contribution < -0.4 is 14.4 Å². The van der Waals surface area contributed by atoms with E-state index in [2.05, 4.69) is 169 Å². The van der Waals surface area contributed by atoms with Crippen LogP contribution in [0.4, 0.5) is 17.1 Å². The first kappa shape index (κ1) is 29.2. The van der Waals surface area contributed by atoms with Crippen LogP contribution in [0, 0.1) is 0 Å². The van der Waals surface area contributed by atoms with Crippen LogP contribution >= 0.6 is 11.3 Å². The monoisotopic (exact) mass is 697 g/mol. The lowest BCUT2D eigenvalue weighted by molar-refractivity contribution is 0.359. The number of benzene rings is 7. The fourth-order valence-corrected chi connectivity index (χ4v) is 10.7. The van der Waals surface area contributed by atoms with E-state index >= 15 is 0 Å². The molecule has 12 rings (SSSR count). The molecule has 0 saturated carbocycles. The predicted molar refractivity (Wildman–Crippen MR) is 218 cm³/mol. The molecule has 0 unspecified atom stereocenters. The molecule has 0 bridgehead atoms. The van der Waals surface area contributed by atoms with Crippen molar-refractivity contribution in [3.63, 3.8) is 0 Å².